The van der Waals surface area contributed by atoms with E-state index in [1.807, 2.05) is 30.3 Å². The molecule has 0 unspecified atom stereocenters. The molecular formula is C23H24N2O5S. The summed E-state index contributed by atoms with van der Waals surface area (Å²) < 4.78 is 17.0. The van der Waals surface area contributed by atoms with Gasteiger partial charge in [-0.1, -0.05) is 36.4 Å². The second-order valence-electron chi connectivity index (χ2n) is 7.69. The number of methoxy groups -OCH3 is 1. The number of aliphatic imine (C=N–C) groups is 1. The van der Waals surface area contributed by atoms with E-state index in [2.05, 4.69) is 4.99 Å². The summed E-state index contributed by atoms with van der Waals surface area (Å²) in [5.41, 5.74) is 6.05. The average molecular weight is 441 g/mol. The van der Waals surface area contributed by atoms with E-state index in [0.29, 0.717) is 16.2 Å². The average Bonchev–Trinajstić information content (AvgIpc) is 3.16. The molecule has 0 aliphatic rings. The summed E-state index contributed by atoms with van der Waals surface area (Å²) in [6.07, 6.45) is -1.68. The molecule has 0 bridgehead atoms. The number of hydrogen-bond acceptors (Lipinski definition) is 6. The number of nitrogens with zero attached hydrogens (tertiary/aromatic N) is 1. The number of rotatable bonds is 5. The van der Waals surface area contributed by atoms with Crippen molar-refractivity contribution in [3.05, 3.63) is 65.0 Å². The molecule has 1 aromatic heterocycles. The lowest BCUT2D eigenvalue weighted by Gasteiger charge is -2.18. The quantitative estimate of drug-likeness (QED) is 0.346. The maximum atomic E-state index is 12.4. The molecule has 31 heavy (non-hydrogen) atoms. The zero-order valence-electron chi connectivity index (χ0n) is 17.7. The molecule has 1 amide bonds. The number of nitrogens with two attached hydrogens (primary N) is 1. The first-order chi connectivity index (χ1) is 14.7. The first-order valence-electron chi connectivity index (χ1n) is 9.57. The molecule has 0 radical (unpaired) electrons. The van der Waals surface area contributed by atoms with Crippen LogP contribution in [-0.2, 0) is 14.3 Å². The summed E-state index contributed by atoms with van der Waals surface area (Å²) in [4.78, 5) is 28.8. The number of hydrogen-bond donors (Lipinski definition) is 1. The van der Waals surface area contributed by atoms with Gasteiger partial charge in [-0.05, 0) is 39.0 Å². The van der Waals surface area contributed by atoms with Gasteiger partial charge in [0.25, 0.3) is 0 Å². The molecular weight excluding hydrogens is 416 g/mol. The predicted molar refractivity (Wildman–Crippen MR) is 121 cm³/mol. The highest BCUT2D eigenvalue weighted by Crippen LogP contribution is 2.35. The van der Waals surface area contributed by atoms with Crippen LogP contribution in [0.15, 0.2) is 59.6 Å². The number of ether oxygens (including phenoxy) is 3. The summed E-state index contributed by atoms with van der Waals surface area (Å²) in [6, 6.07) is 16.4. The van der Waals surface area contributed by atoms with E-state index in [0.717, 1.165) is 10.1 Å². The monoisotopic (exact) mass is 440 g/mol. The minimum absolute atomic E-state index is 0.0500. The SMILES string of the molecule is COC(=O)[C@H](Oc1cccc2sc(C(N)=NC(=O)OC(C)(C)C)cc12)c1ccccc1. The van der Waals surface area contributed by atoms with Gasteiger partial charge in [0.05, 0.1) is 12.0 Å². The number of carbonyl (C=O) groups is 2. The number of amides is 1. The van der Waals surface area contributed by atoms with Crippen LogP contribution in [0.5, 0.6) is 5.75 Å². The molecule has 0 aliphatic heterocycles. The highest BCUT2D eigenvalue weighted by Gasteiger charge is 2.25. The summed E-state index contributed by atoms with van der Waals surface area (Å²) in [6.45, 7) is 5.26. The smallest absolute Gasteiger partial charge is 0.436 e. The molecule has 0 spiro atoms. The lowest BCUT2D eigenvalue weighted by molar-refractivity contribution is -0.149. The molecule has 3 rings (SSSR count). The summed E-state index contributed by atoms with van der Waals surface area (Å²) in [5.74, 6) is 0.0305. The van der Waals surface area contributed by atoms with Crippen molar-refractivity contribution in [2.24, 2.45) is 10.7 Å². The molecule has 0 saturated heterocycles. The molecule has 1 heterocycles. The van der Waals surface area contributed by atoms with Gasteiger partial charge in [0.1, 0.15) is 17.2 Å². The van der Waals surface area contributed by atoms with Crippen molar-refractivity contribution in [1.29, 1.82) is 0 Å². The fourth-order valence-corrected chi connectivity index (χ4v) is 3.80. The number of esters is 1. The van der Waals surface area contributed by atoms with E-state index in [-0.39, 0.29) is 5.84 Å². The molecule has 0 aliphatic carbocycles. The van der Waals surface area contributed by atoms with Gasteiger partial charge in [-0.25, -0.2) is 9.59 Å². The van der Waals surface area contributed by atoms with E-state index < -0.39 is 23.8 Å². The zero-order chi connectivity index (χ0) is 22.6. The first kappa shape index (κ1) is 22.3. The molecule has 162 valence electrons. The minimum Gasteiger partial charge on any atom is -0.473 e. The van der Waals surface area contributed by atoms with Gasteiger partial charge in [-0.15, -0.1) is 11.3 Å². The molecule has 2 aromatic carbocycles. The van der Waals surface area contributed by atoms with Crippen LogP contribution in [0, 0.1) is 0 Å². The van der Waals surface area contributed by atoms with Gasteiger partial charge in [0.2, 0.25) is 6.10 Å². The van der Waals surface area contributed by atoms with Gasteiger partial charge >= 0.3 is 12.1 Å². The number of fused-ring (bicyclic) bond motifs is 1. The Morgan fingerprint density at radius 2 is 1.77 bits per heavy atom. The zero-order valence-corrected chi connectivity index (χ0v) is 18.6. The van der Waals surface area contributed by atoms with Crippen molar-refractivity contribution in [2.45, 2.75) is 32.5 Å². The van der Waals surface area contributed by atoms with Crippen LogP contribution in [0.4, 0.5) is 4.79 Å². The highest BCUT2D eigenvalue weighted by atomic mass is 32.1. The Morgan fingerprint density at radius 1 is 1.06 bits per heavy atom. The van der Waals surface area contributed by atoms with Crippen LogP contribution in [0.1, 0.15) is 37.3 Å². The van der Waals surface area contributed by atoms with E-state index in [1.165, 1.54) is 18.4 Å². The second-order valence-corrected chi connectivity index (χ2v) is 8.77. The van der Waals surface area contributed by atoms with Crippen LogP contribution in [0.3, 0.4) is 0 Å². The lowest BCUT2D eigenvalue weighted by atomic mass is 10.1. The van der Waals surface area contributed by atoms with Crippen LogP contribution < -0.4 is 10.5 Å². The third-order valence-corrected chi connectivity index (χ3v) is 5.26. The molecule has 1 atom stereocenters. The van der Waals surface area contributed by atoms with E-state index in [4.69, 9.17) is 19.9 Å². The molecule has 0 saturated carbocycles. The van der Waals surface area contributed by atoms with E-state index >= 15 is 0 Å². The predicted octanol–water partition coefficient (Wildman–Crippen LogP) is 4.83. The topological polar surface area (TPSA) is 100 Å². The van der Waals surface area contributed by atoms with Gasteiger partial charge in [-0.3, -0.25) is 0 Å². The Bertz CT molecular complexity index is 1120. The number of carbonyl (C=O) groups excluding carboxylic acids is 2. The minimum atomic E-state index is -0.923. The Hall–Kier alpha value is -3.39. The van der Waals surface area contributed by atoms with Crippen molar-refractivity contribution in [2.75, 3.05) is 7.11 Å². The second kappa shape index (κ2) is 9.18. The van der Waals surface area contributed by atoms with Crippen LogP contribution >= 0.6 is 11.3 Å². The Morgan fingerprint density at radius 3 is 2.42 bits per heavy atom. The summed E-state index contributed by atoms with van der Waals surface area (Å²) in [5, 5.41) is 0.745. The molecule has 0 fully saturated rings. The van der Waals surface area contributed by atoms with Crippen molar-refractivity contribution in [1.82, 2.24) is 0 Å². The standard InChI is InChI=1S/C23H24N2O5S/c1-23(2,3)30-22(27)25-20(24)18-13-15-16(11-8-12-17(15)31-18)29-19(21(26)28-4)14-9-6-5-7-10-14/h5-13,19H,1-4H3,(H2,24,25,27)/t19-/m1/s1. The maximum absolute atomic E-state index is 12.4. The van der Waals surface area contributed by atoms with Gasteiger partial charge in [0.15, 0.2) is 0 Å². The third-order valence-electron chi connectivity index (χ3n) is 4.14. The Labute approximate surface area is 184 Å². The van der Waals surface area contributed by atoms with E-state index in [9.17, 15) is 9.59 Å². The number of benzene rings is 2. The van der Waals surface area contributed by atoms with Crippen LogP contribution in [-0.4, -0.2) is 30.6 Å². The highest BCUT2D eigenvalue weighted by molar-refractivity contribution is 7.21. The van der Waals surface area contributed by atoms with Crippen LogP contribution in [0.2, 0.25) is 0 Å². The number of amidine groups is 1. The molecule has 3 aromatic rings. The van der Waals surface area contributed by atoms with E-state index in [1.54, 1.807) is 45.0 Å². The van der Waals surface area contributed by atoms with Crippen molar-refractivity contribution >= 4 is 39.3 Å². The first-order valence-corrected chi connectivity index (χ1v) is 10.4. The van der Waals surface area contributed by atoms with Crippen molar-refractivity contribution in [3.8, 4) is 5.75 Å². The molecule has 8 heteroatoms. The van der Waals surface area contributed by atoms with Crippen LogP contribution in [0.25, 0.3) is 10.1 Å². The normalized spacial score (nSPS) is 13.0. The van der Waals surface area contributed by atoms with Gasteiger partial charge < -0.3 is 19.9 Å². The van der Waals surface area contributed by atoms with Gasteiger partial charge in [-0.2, -0.15) is 4.99 Å². The Balaban J connectivity index is 1.93. The largest absolute Gasteiger partial charge is 0.473 e. The molecule has 2 N–H and O–H groups in total. The maximum Gasteiger partial charge on any atom is 0.436 e. The third kappa shape index (κ3) is 5.61. The lowest BCUT2D eigenvalue weighted by Crippen LogP contribution is -2.24. The summed E-state index contributed by atoms with van der Waals surface area (Å²) in [7, 11) is 1.32. The van der Waals surface area contributed by atoms with Crippen molar-refractivity contribution < 1.29 is 23.8 Å². The fourth-order valence-electron chi connectivity index (χ4n) is 2.82. The number of thiophene rings is 1. The summed E-state index contributed by atoms with van der Waals surface area (Å²) >= 11 is 1.36. The molecule has 7 nitrogen and oxygen atoms in total. The van der Waals surface area contributed by atoms with Crippen molar-refractivity contribution in [3.63, 3.8) is 0 Å². The fraction of sp³-hybridized carbons (Fsp3) is 0.261. The Kier molecular flexibility index (Phi) is 6.60. The van der Waals surface area contributed by atoms with Gasteiger partial charge in [0, 0.05) is 15.6 Å².